The van der Waals surface area contributed by atoms with Crippen molar-refractivity contribution >= 4 is 0 Å². The Morgan fingerprint density at radius 3 is 2.25 bits per heavy atom. The van der Waals surface area contributed by atoms with E-state index in [0.717, 1.165) is 5.92 Å². The topological polar surface area (TPSA) is 23.8 Å². The van der Waals surface area contributed by atoms with E-state index in [9.17, 15) is 8.78 Å². The highest BCUT2D eigenvalue weighted by molar-refractivity contribution is 5.65. The fraction of sp³-hybridized carbons (Fsp3) is 0.480. The average Bonchev–Trinajstić information content (AvgIpc) is 2.74. The Morgan fingerprint density at radius 2 is 1.61 bits per heavy atom. The zero-order valence-corrected chi connectivity index (χ0v) is 16.7. The molecule has 0 saturated heterocycles. The predicted molar refractivity (Wildman–Crippen MR) is 110 cm³/mol. The first kappa shape index (κ1) is 20.5. The van der Waals surface area contributed by atoms with Gasteiger partial charge in [0, 0.05) is 5.56 Å². The lowest BCUT2D eigenvalue weighted by atomic mass is 9.77. The average molecular weight is 382 g/mol. The lowest BCUT2D eigenvalue weighted by Crippen LogP contribution is -2.13. The summed E-state index contributed by atoms with van der Waals surface area (Å²) < 4.78 is 28.1. The van der Waals surface area contributed by atoms with E-state index in [0.29, 0.717) is 11.5 Å². The number of nitriles is 1. The van der Waals surface area contributed by atoms with Gasteiger partial charge in [0.05, 0.1) is 5.56 Å². The van der Waals surface area contributed by atoms with Crippen LogP contribution < -0.4 is 0 Å². The van der Waals surface area contributed by atoms with E-state index in [1.807, 2.05) is 12.1 Å². The highest BCUT2D eigenvalue weighted by atomic mass is 19.2. The van der Waals surface area contributed by atoms with Crippen molar-refractivity contribution < 1.29 is 8.78 Å². The molecule has 0 N–H and O–H groups in total. The molecule has 1 fully saturated rings. The van der Waals surface area contributed by atoms with E-state index in [4.69, 9.17) is 5.26 Å². The number of hydrogen-bond acceptors (Lipinski definition) is 1. The van der Waals surface area contributed by atoms with Gasteiger partial charge in [-0.05, 0) is 60.8 Å². The number of benzene rings is 2. The largest absolute Gasteiger partial charge is 0.203 e. The SMILES string of the molecule is CCCCCCC1CCC(c2ccc(-c3ccc(C#N)c(F)c3F)cc2)CC1. The summed E-state index contributed by atoms with van der Waals surface area (Å²) >= 11 is 0. The van der Waals surface area contributed by atoms with Gasteiger partial charge in [-0.3, -0.25) is 0 Å². The van der Waals surface area contributed by atoms with Crippen LogP contribution in [0.25, 0.3) is 11.1 Å². The molecule has 0 amide bonds. The Morgan fingerprint density at radius 1 is 0.893 bits per heavy atom. The smallest absolute Gasteiger partial charge is 0.177 e. The first-order chi connectivity index (χ1) is 13.6. The van der Waals surface area contributed by atoms with Crippen LogP contribution in [0, 0.1) is 28.9 Å². The molecule has 2 aromatic rings. The Bertz CT molecular complexity index is 812. The maximum absolute atomic E-state index is 14.3. The van der Waals surface area contributed by atoms with Crippen LogP contribution in [0.15, 0.2) is 36.4 Å². The van der Waals surface area contributed by atoms with Crippen LogP contribution in [0.3, 0.4) is 0 Å². The Kier molecular flexibility index (Phi) is 7.20. The van der Waals surface area contributed by atoms with Crippen molar-refractivity contribution in [1.82, 2.24) is 0 Å². The maximum Gasteiger partial charge on any atom is 0.177 e. The van der Waals surface area contributed by atoms with Crippen molar-refractivity contribution in [3.05, 3.63) is 59.2 Å². The van der Waals surface area contributed by atoms with E-state index >= 15 is 0 Å². The summed E-state index contributed by atoms with van der Waals surface area (Å²) in [5.74, 6) is -0.566. The van der Waals surface area contributed by atoms with Crippen molar-refractivity contribution in [3.8, 4) is 17.2 Å². The Labute approximate surface area is 167 Å². The van der Waals surface area contributed by atoms with Gasteiger partial charge in [0.15, 0.2) is 11.6 Å². The van der Waals surface area contributed by atoms with Crippen LogP contribution in [0.1, 0.15) is 81.8 Å². The van der Waals surface area contributed by atoms with Gasteiger partial charge in [-0.25, -0.2) is 8.78 Å². The molecule has 1 aliphatic rings. The number of halogens is 2. The van der Waals surface area contributed by atoms with Crippen LogP contribution in [-0.4, -0.2) is 0 Å². The van der Waals surface area contributed by atoms with Gasteiger partial charge in [-0.2, -0.15) is 5.26 Å². The molecule has 148 valence electrons. The molecule has 3 rings (SSSR count). The van der Waals surface area contributed by atoms with E-state index in [-0.39, 0.29) is 11.1 Å². The van der Waals surface area contributed by atoms with Crippen LogP contribution >= 0.6 is 0 Å². The molecule has 3 heteroatoms. The second-order valence-corrected chi connectivity index (χ2v) is 8.09. The maximum atomic E-state index is 14.3. The van der Waals surface area contributed by atoms with E-state index in [2.05, 4.69) is 19.1 Å². The third kappa shape index (κ3) is 4.79. The minimum absolute atomic E-state index is 0.207. The van der Waals surface area contributed by atoms with E-state index < -0.39 is 11.6 Å². The van der Waals surface area contributed by atoms with Gasteiger partial charge >= 0.3 is 0 Å². The van der Waals surface area contributed by atoms with Gasteiger partial charge < -0.3 is 0 Å². The predicted octanol–water partition coefficient (Wildman–Crippen LogP) is 7.75. The number of nitrogens with zero attached hydrogens (tertiary/aromatic N) is 1. The second kappa shape index (κ2) is 9.82. The molecule has 1 aliphatic carbocycles. The summed E-state index contributed by atoms with van der Waals surface area (Å²) in [5.41, 5.74) is 1.89. The molecule has 0 aromatic heterocycles. The molecule has 0 heterocycles. The van der Waals surface area contributed by atoms with Gasteiger partial charge in [-0.1, -0.05) is 63.3 Å². The van der Waals surface area contributed by atoms with Gasteiger partial charge in [-0.15, -0.1) is 0 Å². The first-order valence-electron chi connectivity index (χ1n) is 10.6. The quantitative estimate of drug-likeness (QED) is 0.450. The van der Waals surface area contributed by atoms with Gasteiger partial charge in [0.2, 0.25) is 0 Å². The monoisotopic (exact) mass is 381 g/mol. The highest BCUT2D eigenvalue weighted by Gasteiger charge is 2.22. The fourth-order valence-electron chi connectivity index (χ4n) is 4.44. The normalized spacial score (nSPS) is 19.4. The summed E-state index contributed by atoms with van der Waals surface area (Å²) in [6.45, 7) is 2.25. The third-order valence-corrected chi connectivity index (χ3v) is 6.21. The Hall–Kier alpha value is -2.21. The Balaban J connectivity index is 1.60. The lowest BCUT2D eigenvalue weighted by Gasteiger charge is -2.29. The molecule has 0 radical (unpaired) electrons. The molecular weight excluding hydrogens is 352 g/mol. The first-order valence-corrected chi connectivity index (χ1v) is 10.6. The van der Waals surface area contributed by atoms with Crippen LogP contribution in [0.4, 0.5) is 8.78 Å². The van der Waals surface area contributed by atoms with Crippen LogP contribution in [-0.2, 0) is 0 Å². The zero-order chi connectivity index (χ0) is 19.9. The highest BCUT2D eigenvalue weighted by Crippen LogP contribution is 2.38. The van der Waals surface area contributed by atoms with Crippen molar-refractivity contribution in [2.75, 3.05) is 0 Å². The van der Waals surface area contributed by atoms with Crippen molar-refractivity contribution in [3.63, 3.8) is 0 Å². The number of unbranched alkanes of at least 4 members (excludes halogenated alkanes) is 3. The van der Waals surface area contributed by atoms with Gasteiger partial charge in [0.25, 0.3) is 0 Å². The summed E-state index contributed by atoms with van der Waals surface area (Å²) in [6, 6.07) is 12.3. The van der Waals surface area contributed by atoms with E-state index in [1.165, 1.54) is 75.5 Å². The molecule has 1 saturated carbocycles. The summed E-state index contributed by atoms with van der Waals surface area (Å²) in [7, 11) is 0. The molecule has 0 atom stereocenters. The summed E-state index contributed by atoms with van der Waals surface area (Å²) in [6.07, 6.45) is 11.8. The van der Waals surface area contributed by atoms with Crippen molar-refractivity contribution in [1.29, 1.82) is 5.26 Å². The minimum Gasteiger partial charge on any atom is -0.203 e. The van der Waals surface area contributed by atoms with E-state index in [1.54, 1.807) is 6.07 Å². The van der Waals surface area contributed by atoms with Crippen molar-refractivity contribution in [2.45, 2.75) is 70.6 Å². The summed E-state index contributed by atoms with van der Waals surface area (Å²) in [4.78, 5) is 0. The molecule has 0 bridgehead atoms. The molecule has 1 nitrogen and oxygen atoms in total. The fourth-order valence-corrected chi connectivity index (χ4v) is 4.44. The lowest BCUT2D eigenvalue weighted by molar-refractivity contribution is 0.302. The van der Waals surface area contributed by atoms with Crippen LogP contribution in [0.5, 0.6) is 0 Å². The molecule has 0 spiro atoms. The summed E-state index contributed by atoms with van der Waals surface area (Å²) in [5, 5.41) is 8.82. The van der Waals surface area contributed by atoms with Crippen molar-refractivity contribution in [2.24, 2.45) is 5.92 Å². The molecule has 0 aliphatic heterocycles. The minimum atomic E-state index is -1.07. The second-order valence-electron chi connectivity index (χ2n) is 8.09. The number of hydrogen-bond donors (Lipinski definition) is 0. The molecular formula is C25H29F2N. The number of rotatable bonds is 7. The van der Waals surface area contributed by atoms with Crippen LogP contribution in [0.2, 0.25) is 0 Å². The third-order valence-electron chi connectivity index (χ3n) is 6.21. The molecule has 28 heavy (non-hydrogen) atoms. The molecule has 0 unspecified atom stereocenters. The van der Waals surface area contributed by atoms with Gasteiger partial charge in [0.1, 0.15) is 6.07 Å². The zero-order valence-electron chi connectivity index (χ0n) is 16.7. The molecule has 2 aromatic carbocycles. The standard InChI is InChI=1S/C25H29F2N/c1-2-3-4-5-6-18-7-9-19(10-8-18)20-11-13-21(14-12-20)23-16-15-22(17-28)24(26)25(23)27/h11-16,18-19H,2-10H2,1H3.